The average molecular weight is 355 g/mol. The van der Waals surface area contributed by atoms with Crippen LogP contribution in [0, 0.1) is 0 Å². The zero-order valence-electron chi connectivity index (χ0n) is 12.5. The molecule has 1 amide bonds. The predicted molar refractivity (Wildman–Crippen MR) is 86.0 cm³/mol. The lowest BCUT2D eigenvalue weighted by Crippen LogP contribution is -2.43. The minimum Gasteiger partial charge on any atom is -0.471 e. The number of primary amides is 1. The zero-order valence-corrected chi connectivity index (χ0v) is 14.1. The van der Waals surface area contributed by atoms with E-state index in [9.17, 15) is 13.2 Å². The monoisotopic (exact) mass is 354 g/mol. The Morgan fingerprint density at radius 1 is 1.22 bits per heavy atom. The third-order valence-electron chi connectivity index (χ3n) is 3.33. The fraction of sp³-hybridized carbons (Fsp3) is 0.200. The molecule has 1 aromatic carbocycles. The summed E-state index contributed by atoms with van der Waals surface area (Å²) < 4.78 is 28.7. The molecule has 6 nitrogen and oxygen atoms in total. The number of halogens is 1. The minimum atomic E-state index is -3.33. The van der Waals surface area contributed by atoms with Crippen LogP contribution < -0.4 is 10.5 Å². The van der Waals surface area contributed by atoms with Crippen LogP contribution in [0.15, 0.2) is 47.5 Å². The SMILES string of the molecule is CC(Oc1ccc(Cl)nc1)(C(N)=O)c1ccc(S(C)(=O)=O)cc1. The fourth-order valence-corrected chi connectivity index (χ4v) is 2.67. The number of carbonyl (C=O) groups excluding carboxylic acids is 1. The lowest BCUT2D eigenvalue weighted by molar-refractivity contribution is -0.132. The van der Waals surface area contributed by atoms with Gasteiger partial charge in [0.15, 0.2) is 9.84 Å². The quantitative estimate of drug-likeness (QED) is 0.827. The van der Waals surface area contributed by atoms with E-state index < -0.39 is 21.3 Å². The number of benzene rings is 1. The summed E-state index contributed by atoms with van der Waals surface area (Å²) in [4.78, 5) is 15.9. The van der Waals surface area contributed by atoms with Crippen molar-refractivity contribution in [1.29, 1.82) is 0 Å². The highest BCUT2D eigenvalue weighted by Crippen LogP contribution is 2.29. The van der Waals surface area contributed by atoms with Crippen LogP contribution in [0.1, 0.15) is 12.5 Å². The molecule has 0 radical (unpaired) electrons. The van der Waals surface area contributed by atoms with Crippen LogP contribution in [0.3, 0.4) is 0 Å². The zero-order chi connectivity index (χ0) is 17.3. The van der Waals surface area contributed by atoms with Gasteiger partial charge in [-0.3, -0.25) is 4.79 Å². The van der Waals surface area contributed by atoms with E-state index in [-0.39, 0.29) is 10.0 Å². The number of aromatic nitrogens is 1. The number of carbonyl (C=O) groups is 1. The van der Waals surface area contributed by atoms with Crippen LogP contribution in [-0.2, 0) is 20.2 Å². The summed E-state index contributed by atoms with van der Waals surface area (Å²) in [6.45, 7) is 1.50. The highest BCUT2D eigenvalue weighted by Gasteiger charge is 2.36. The Morgan fingerprint density at radius 3 is 2.26 bits per heavy atom. The van der Waals surface area contributed by atoms with E-state index in [2.05, 4.69) is 4.98 Å². The van der Waals surface area contributed by atoms with Gasteiger partial charge in [-0.05, 0) is 31.2 Å². The highest BCUT2D eigenvalue weighted by molar-refractivity contribution is 7.90. The lowest BCUT2D eigenvalue weighted by Gasteiger charge is -2.28. The topological polar surface area (TPSA) is 99.3 Å². The van der Waals surface area contributed by atoms with Gasteiger partial charge >= 0.3 is 0 Å². The molecular formula is C15H15ClN2O4S. The molecule has 0 aliphatic carbocycles. The van der Waals surface area contributed by atoms with Crippen LogP contribution in [0.2, 0.25) is 5.15 Å². The van der Waals surface area contributed by atoms with E-state index in [0.717, 1.165) is 6.26 Å². The van der Waals surface area contributed by atoms with Crippen molar-refractivity contribution in [3.05, 3.63) is 53.3 Å². The molecule has 23 heavy (non-hydrogen) atoms. The third-order valence-corrected chi connectivity index (χ3v) is 4.68. The second-order valence-electron chi connectivity index (χ2n) is 5.11. The minimum absolute atomic E-state index is 0.140. The smallest absolute Gasteiger partial charge is 0.266 e. The Labute approximate surface area is 139 Å². The van der Waals surface area contributed by atoms with Gasteiger partial charge in [0.05, 0.1) is 11.1 Å². The molecule has 0 bridgehead atoms. The van der Waals surface area contributed by atoms with Crippen molar-refractivity contribution in [3.8, 4) is 5.75 Å². The number of nitrogens with zero attached hydrogens (tertiary/aromatic N) is 1. The lowest BCUT2D eigenvalue weighted by atomic mass is 9.95. The van der Waals surface area contributed by atoms with Gasteiger partial charge in [0.25, 0.3) is 5.91 Å². The molecule has 2 rings (SSSR count). The molecule has 1 atom stereocenters. The Kier molecular flexibility index (Phi) is 4.63. The molecule has 0 saturated carbocycles. The van der Waals surface area contributed by atoms with Gasteiger partial charge in [0.2, 0.25) is 5.60 Å². The van der Waals surface area contributed by atoms with E-state index in [4.69, 9.17) is 22.1 Å². The van der Waals surface area contributed by atoms with Crippen LogP contribution in [0.5, 0.6) is 5.75 Å². The van der Waals surface area contributed by atoms with Crippen molar-refractivity contribution in [2.75, 3.05) is 6.26 Å². The number of nitrogens with two attached hydrogens (primary N) is 1. The van der Waals surface area contributed by atoms with E-state index in [1.165, 1.54) is 43.5 Å². The summed E-state index contributed by atoms with van der Waals surface area (Å²) in [6.07, 6.45) is 2.47. The van der Waals surface area contributed by atoms with E-state index in [0.29, 0.717) is 11.3 Å². The Hall–Kier alpha value is -2.12. The number of ether oxygens (including phenoxy) is 1. The Balaban J connectivity index is 2.40. The standard InChI is InChI=1S/C15H15ClN2O4S/c1-15(14(17)19,22-11-5-8-13(16)18-9-11)10-3-6-12(7-4-10)23(2,20)21/h3-9H,1-2H3,(H2,17,19). The van der Waals surface area contributed by atoms with Crippen LogP contribution in [0.4, 0.5) is 0 Å². The van der Waals surface area contributed by atoms with Gasteiger partial charge in [-0.15, -0.1) is 0 Å². The summed E-state index contributed by atoms with van der Waals surface area (Å²) in [5.74, 6) is -0.414. The largest absolute Gasteiger partial charge is 0.471 e. The number of rotatable bonds is 5. The van der Waals surface area contributed by atoms with Gasteiger partial charge in [0, 0.05) is 11.8 Å². The van der Waals surface area contributed by atoms with Crippen LogP contribution in [0.25, 0.3) is 0 Å². The molecule has 0 spiro atoms. The van der Waals surface area contributed by atoms with Crippen LogP contribution >= 0.6 is 11.6 Å². The first kappa shape index (κ1) is 17.2. The van der Waals surface area contributed by atoms with E-state index >= 15 is 0 Å². The first-order valence-electron chi connectivity index (χ1n) is 6.54. The fourth-order valence-electron chi connectivity index (χ4n) is 1.93. The molecular weight excluding hydrogens is 340 g/mol. The first-order valence-corrected chi connectivity index (χ1v) is 8.81. The summed E-state index contributed by atoms with van der Waals surface area (Å²) in [5.41, 5.74) is 4.42. The van der Waals surface area contributed by atoms with Crippen molar-refractivity contribution in [3.63, 3.8) is 0 Å². The van der Waals surface area contributed by atoms with Gasteiger partial charge in [-0.2, -0.15) is 0 Å². The Bertz CT molecular complexity index is 820. The molecule has 1 unspecified atom stereocenters. The molecule has 8 heteroatoms. The van der Waals surface area contributed by atoms with Crippen LogP contribution in [-0.4, -0.2) is 25.6 Å². The molecule has 0 aliphatic heterocycles. The molecule has 122 valence electrons. The third kappa shape index (κ3) is 3.80. The average Bonchev–Trinajstić information content (AvgIpc) is 2.48. The molecule has 0 saturated heterocycles. The maximum Gasteiger partial charge on any atom is 0.266 e. The Morgan fingerprint density at radius 2 is 1.83 bits per heavy atom. The maximum absolute atomic E-state index is 11.9. The summed E-state index contributed by atoms with van der Waals surface area (Å²) >= 11 is 5.71. The second-order valence-corrected chi connectivity index (χ2v) is 7.52. The van der Waals surface area contributed by atoms with Crippen molar-refractivity contribution in [2.24, 2.45) is 5.73 Å². The van der Waals surface area contributed by atoms with E-state index in [1.54, 1.807) is 6.07 Å². The number of sulfone groups is 1. The first-order chi connectivity index (χ1) is 10.6. The molecule has 0 aliphatic rings. The molecule has 1 heterocycles. The molecule has 0 fully saturated rings. The molecule has 2 aromatic rings. The number of amides is 1. The normalized spacial score (nSPS) is 14.0. The molecule has 1 aromatic heterocycles. The van der Waals surface area contributed by atoms with Crippen molar-refractivity contribution >= 4 is 27.3 Å². The van der Waals surface area contributed by atoms with Crippen molar-refractivity contribution in [2.45, 2.75) is 17.4 Å². The van der Waals surface area contributed by atoms with Gasteiger partial charge in [-0.1, -0.05) is 23.7 Å². The van der Waals surface area contributed by atoms with Gasteiger partial charge in [-0.25, -0.2) is 13.4 Å². The number of pyridine rings is 1. The summed E-state index contributed by atoms with van der Waals surface area (Å²) in [5, 5.41) is 0.288. The van der Waals surface area contributed by atoms with Gasteiger partial charge < -0.3 is 10.5 Å². The maximum atomic E-state index is 11.9. The summed E-state index contributed by atoms with van der Waals surface area (Å²) in [6, 6.07) is 8.85. The number of hydrogen-bond acceptors (Lipinski definition) is 5. The highest BCUT2D eigenvalue weighted by atomic mass is 35.5. The van der Waals surface area contributed by atoms with Crippen molar-refractivity contribution < 1.29 is 17.9 Å². The summed E-state index contributed by atoms with van der Waals surface area (Å²) in [7, 11) is -3.33. The number of hydrogen-bond donors (Lipinski definition) is 1. The second kappa shape index (κ2) is 6.17. The van der Waals surface area contributed by atoms with E-state index in [1.807, 2.05) is 0 Å². The van der Waals surface area contributed by atoms with Crippen molar-refractivity contribution in [1.82, 2.24) is 4.98 Å². The molecule has 2 N–H and O–H groups in total. The predicted octanol–water partition coefficient (Wildman–Crippen LogP) is 1.92. The van der Waals surface area contributed by atoms with Gasteiger partial charge in [0.1, 0.15) is 10.9 Å².